The minimum atomic E-state index is 0. The summed E-state index contributed by atoms with van der Waals surface area (Å²) in [6, 6.07) is 14.1. The number of rotatable bonds is 6. The Morgan fingerprint density at radius 3 is 2.85 bits per heavy atom. The van der Waals surface area contributed by atoms with Gasteiger partial charge in [-0.05, 0) is 42.2 Å². The molecule has 138 valence electrons. The summed E-state index contributed by atoms with van der Waals surface area (Å²) < 4.78 is 2.00. The van der Waals surface area contributed by atoms with E-state index in [1.807, 2.05) is 40.9 Å². The first-order chi connectivity index (χ1) is 12.1. The first-order valence-corrected chi connectivity index (χ1v) is 8.59. The molecule has 0 aliphatic rings. The number of nitrogens with one attached hydrogen (secondary N) is 1. The highest BCUT2D eigenvalue weighted by molar-refractivity contribution is 14.0. The standard InChI is InChI=1S/C19H24N6.HI/c1-14(2)15-7-5-8-16(13-15)22-19(20)21-11-6-10-18-24-23-17-9-3-4-12-25(17)18;/h3-5,7-9,12-14H,6,10-11H2,1-2H3,(H3,20,21,22);1H. The van der Waals surface area contributed by atoms with E-state index in [9.17, 15) is 0 Å². The van der Waals surface area contributed by atoms with Crippen LogP contribution in [0.4, 0.5) is 5.69 Å². The Balaban J connectivity index is 0.00000243. The Hall–Kier alpha value is -2.16. The van der Waals surface area contributed by atoms with E-state index in [0.717, 1.165) is 30.0 Å². The van der Waals surface area contributed by atoms with Gasteiger partial charge in [0.25, 0.3) is 0 Å². The molecule has 0 atom stereocenters. The second-order valence-corrected chi connectivity index (χ2v) is 6.32. The maximum Gasteiger partial charge on any atom is 0.193 e. The van der Waals surface area contributed by atoms with Gasteiger partial charge in [0.2, 0.25) is 0 Å². The van der Waals surface area contributed by atoms with E-state index in [1.165, 1.54) is 5.56 Å². The Morgan fingerprint density at radius 1 is 1.19 bits per heavy atom. The van der Waals surface area contributed by atoms with Crippen molar-refractivity contribution in [3.05, 3.63) is 60.0 Å². The van der Waals surface area contributed by atoms with E-state index in [1.54, 1.807) is 0 Å². The molecule has 2 aromatic heterocycles. The van der Waals surface area contributed by atoms with Gasteiger partial charge in [0.1, 0.15) is 5.82 Å². The number of aryl methyl sites for hydroxylation is 1. The molecule has 0 aliphatic carbocycles. The van der Waals surface area contributed by atoms with Crippen LogP contribution in [0.2, 0.25) is 0 Å². The lowest BCUT2D eigenvalue weighted by atomic mass is 10.0. The normalized spacial score (nSPS) is 11.6. The zero-order chi connectivity index (χ0) is 17.6. The quantitative estimate of drug-likeness (QED) is 0.252. The van der Waals surface area contributed by atoms with Crippen molar-refractivity contribution >= 4 is 41.3 Å². The topological polar surface area (TPSA) is 80.6 Å². The average molecular weight is 464 g/mol. The summed E-state index contributed by atoms with van der Waals surface area (Å²) in [5.74, 6) is 1.87. The third-order valence-electron chi connectivity index (χ3n) is 4.05. The number of aromatic nitrogens is 3. The molecule has 0 spiro atoms. The number of hydrogen-bond donors (Lipinski definition) is 2. The number of fused-ring (bicyclic) bond motifs is 1. The summed E-state index contributed by atoms with van der Waals surface area (Å²) in [5.41, 5.74) is 9.10. The number of pyridine rings is 1. The molecule has 3 aromatic rings. The predicted molar refractivity (Wildman–Crippen MR) is 117 cm³/mol. The number of guanidine groups is 1. The minimum absolute atomic E-state index is 0. The van der Waals surface area contributed by atoms with Crippen LogP contribution in [0.3, 0.4) is 0 Å². The first kappa shape index (κ1) is 20.2. The number of halogens is 1. The van der Waals surface area contributed by atoms with Crippen molar-refractivity contribution in [3.63, 3.8) is 0 Å². The van der Waals surface area contributed by atoms with E-state index in [-0.39, 0.29) is 24.0 Å². The highest BCUT2D eigenvalue weighted by Gasteiger charge is 2.04. The lowest BCUT2D eigenvalue weighted by Gasteiger charge is -2.10. The lowest BCUT2D eigenvalue weighted by molar-refractivity contribution is 0.770. The highest BCUT2D eigenvalue weighted by atomic mass is 127. The van der Waals surface area contributed by atoms with Gasteiger partial charge in [-0.3, -0.25) is 9.39 Å². The summed E-state index contributed by atoms with van der Waals surface area (Å²) in [6.07, 6.45) is 3.65. The third-order valence-corrected chi connectivity index (χ3v) is 4.05. The van der Waals surface area contributed by atoms with Crippen molar-refractivity contribution in [2.45, 2.75) is 32.6 Å². The van der Waals surface area contributed by atoms with Crippen molar-refractivity contribution in [1.29, 1.82) is 0 Å². The van der Waals surface area contributed by atoms with Crippen LogP contribution >= 0.6 is 24.0 Å². The second kappa shape index (κ2) is 9.51. The van der Waals surface area contributed by atoms with Crippen molar-refractivity contribution in [3.8, 4) is 0 Å². The van der Waals surface area contributed by atoms with Crippen LogP contribution < -0.4 is 11.1 Å². The van der Waals surface area contributed by atoms with Crippen LogP contribution in [-0.2, 0) is 6.42 Å². The molecule has 3 N–H and O–H groups in total. The monoisotopic (exact) mass is 464 g/mol. The van der Waals surface area contributed by atoms with Crippen LogP contribution in [0.5, 0.6) is 0 Å². The molecule has 0 unspecified atom stereocenters. The van der Waals surface area contributed by atoms with E-state index in [4.69, 9.17) is 5.73 Å². The van der Waals surface area contributed by atoms with Gasteiger partial charge in [0, 0.05) is 24.8 Å². The molecule has 6 nitrogen and oxygen atoms in total. The molecule has 0 amide bonds. The van der Waals surface area contributed by atoms with Crippen molar-refractivity contribution in [2.24, 2.45) is 10.7 Å². The minimum Gasteiger partial charge on any atom is -0.370 e. The van der Waals surface area contributed by atoms with E-state index in [0.29, 0.717) is 18.4 Å². The van der Waals surface area contributed by atoms with Gasteiger partial charge < -0.3 is 11.1 Å². The molecule has 0 aliphatic heterocycles. The highest BCUT2D eigenvalue weighted by Crippen LogP contribution is 2.18. The summed E-state index contributed by atoms with van der Waals surface area (Å²) >= 11 is 0. The van der Waals surface area contributed by atoms with Gasteiger partial charge in [-0.25, -0.2) is 0 Å². The van der Waals surface area contributed by atoms with Gasteiger partial charge >= 0.3 is 0 Å². The predicted octanol–water partition coefficient (Wildman–Crippen LogP) is 3.83. The molecular formula is C19H25IN6. The Morgan fingerprint density at radius 2 is 2.04 bits per heavy atom. The van der Waals surface area contributed by atoms with Crippen LogP contribution in [0, 0.1) is 0 Å². The Kier molecular flexibility index (Phi) is 7.38. The van der Waals surface area contributed by atoms with E-state index >= 15 is 0 Å². The van der Waals surface area contributed by atoms with Gasteiger partial charge in [0.15, 0.2) is 11.6 Å². The molecule has 0 bridgehead atoms. The summed E-state index contributed by atoms with van der Waals surface area (Å²) in [5, 5.41) is 11.5. The maximum absolute atomic E-state index is 5.99. The Bertz CT molecular complexity index is 871. The lowest BCUT2D eigenvalue weighted by Crippen LogP contribution is -2.23. The molecule has 1 aromatic carbocycles. The Labute approximate surface area is 170 Å². The number of benzene rings is 1. The third kappa shape index (κ3) is 5.17. The largest absolute Gasteiger partial charge is 0.370 e. The molecule has 7 heteroatoms. The van der Waals surface area contributed by atoms with Gasteiger partial charge in [-0.15, -0.1) is 34.2 Å². The SMILES string of the molecule is CC(C)c1cccc(NC(N)=NCCCc2nnc3ccccn23)c1.I. The van der Waals surface area contributed by atoms with Gasteiger partial charge in [0.05, 0.1) is 0 Å². The second-order valence-electron chi connectivity index (χ2n) is 6.32. The van der Waals surface area contributed by atoms with Crippen LogP contribution in [0.15, 0.2) is 53.7 Å². The molecule has 3 rings (SSSR count). The molecule has 2 heterocycles. The molecular weight excluding hydrogens is 439 g/mol. The molecule has 0 fully saturated rings. The summed E-state index contributed by atoms with van der Waals surface area (Å²) in [7, 11) is 0. The van der Waals surface area contributed by atoms with E-state index in [2.05, 4.69) is 46.5 Å². The number of nitrogens with zero attached hydrogens (tertiary/aromatic N) is 4. The molecule has 0 saturated carbocycles. The molecule has 26 heavy (non-hydrogen) atoms. The first-order valence-electron chi connectivity index (χ1n) is 8.59. The zero-order valence-electron chi connectivity index (χ0n) is 15.1. The summed E-state index contributed by atoms with van der Waals surface area (Å²) in [6.45, 7) is 4.99. The zero-order valence-corrected chi connectivity index (χ0v) is 17.4. The van der Waals surface area contributed by atoms with Crippen molar-refractivity contribution in [2.75, 3.05) is 11.9 Å². The fourth-order valence-electron chi connectivity index (χ4n) is 2.66. The van der Waals surface area contributed by atoms with Gasteiger partial charge in [-0.1, -0.05) is 32.0 Å². The number of hydrogen-bond acceptors (Lipinski definition) is 3. The number of aliphatic imine (C=N–C) groups is 1. The van der Waals surface area contributed by atoms with Gasteiger partial charge in [-0.2, -0.15) is 0 Å². The number of anilines is 1. The van der Waals surface area contributed by atoms with E-state index < -0.39 is 0 Å². The average Bonchev–Trinajstić information content (AvgIpc) is 3.02. The number of nitrogens with two attached hydrogens (primary N) is 1. The van der Waals surface area contributed by atoms with Crippen LogP contribution in [-0.4, -0.2) is 27.1 Å². The maximum atomic E-state index is 5.99. The summed E-state index contributed by atoms with van der Waals surface area (Å²) in [4.78, 5) is 4.40. The fourth-order valence-corrected chi connectivity index (χ4v) is 2.66. The fraction of sp³-hybridized carbons (Fsp3) is 0.316. The smallest absolute Gasteiger partial charge is 0.193 e. The van der Waals surface area contributed by atoms with Crippen LogP contribution in [0.1, 0.15) is 37.6 Å². The molecule has 0 radical (unpaired) electrons. The van der Waals surface area contributed by atoms with Crippen LogP contribution in [0.25, 0.3) is 5.65 Å². The van der Waals surface area contributed by atoms with Crippen molar-refractivity contribution < 1.29 is 0 Å². The molecule has 0 saturated heterocycles. The van der Waals surface area contributed by atoms with Crippen molar-refractivity contribution in [1.82, 2.24) is 14.6 Å².